The molecule has 0 radical (unpaired) electrons. The van der Waals surface area contributed by atoms with Crippen molar-refractivity contribution in [3.8, 4) is 11.4 Å². The van der Waals surface area contributed by atoms with Gasteiger partial charge < -0.3 is 5.32 Å². The fraction of sp³-hybridized carbons (Fsp3) is 0.133. The van der Waals surface area contributed by atoms with E-state index < -0.39 is 0 Å². The number of nitrogens with zero attached hydrogens (tertiary/aromatic N) is 3. The van der Waals surface area contributed by atoms with Gasteiger partial charge >= 0.3 is 6.03 Å². The van der Waals surface area contributed by atoms with E-state index in [1.165, 1.54) is 11.3 Å². The molecule has 3 rings (SSSR count). The lowest BCUT2D eigenvalue weighted by molar-refractivity contribution is 0.251. The molecule has 3 heterocycles. The first-order valence-electron chi connectivity index (χ1n) is 6.75. The topological polar surface area (TPSA) is 71.8 Å². The number of hydrogen-bond acceptors (Lipinski definition) is 4. The number of amides is 2. The van der Waals surface area contributed by atoms with Crippen LogP contribution < -0.4 is 10.6 Å². The van der Waals surface area contributed by atoms with Crippen molar-refractivity contribution < 1.29 is 4.79 Å². The van der Waals surface area contributed by atoms with Crippen LogP contribution in [0.1, 0.15) is 5.69 Å². The summed E-state index contributed by atoms with van der Waals surface area (Å²) >= 11 is 1.48. The van der Waals surface area contributed by atoms with E-state index in [1.807, 2.05) is 48.8 Å². The Hall–Kier alpha value is -2.67. The van der Waals surface area contributed by atoms with Crippen molar-refractivity contribution >= 4 is 22.4 Å². The number of aryl methyl sites for hydroxylation is 1. The third kappa shape index (κ3) is 3.32. The van der Waals surface area contributed by atoms with Crippen molar-refractivity contribution in [2.24, 2.45) is 7.05 Å². The smallest absolute Gasteiger partial charge is 0.320 e. The lowest BCUT2D eigenvalue weighted by Gasteiger charge is -2.03. The van der Waals surface area contributed by atoms with Gasteiger partial charge in [0.1, 0.15) is 0 Å². The van der Waals surface area contributed by atoms with Crippen LogP contribution in [0.3, 0.4) is 0 Å². The Balaban J connectivity index is 1.63. The Bertz CT molecular complexity index is 752. The minimum Gasteiger partial charge on any atom is -0.332 e. The van der Waals surface area contributed by atoms with E-state index in [2.05, 4.69) is 20.7 Å². The summed E-state index contributed by atoms with van der Waals surface area (Å²) < 4.78 is 1.76. The minimum atomic E-state index is -0.243. The number of nitrogens with one attached hydrogen (secondary N) is 2. The molecule has 3 aromatic heterocycles. The lowest BCUT2D eigenvalue weighted by atomic mass is 10.2. The second kappa shape index (κ2) is 6.40. The molecule has 0 fully saturated rings. The molecule has 0 unspecified atom stereocenters. The van der Waals surface area contributed by atoms with Crippen LogP contribution in [0.2, 0.25) is 0 Å². The van der Waals surface area contributed by atoms with Gasteiger partial charge in [0, 0.05) is 13.2 Å². The first-order valence-corrected chi connectivity index (χ1v) is 7.63. The highest BCUT2D eigenvalue weighted by molar-refractivity contribution is 7.14. The van der Waals surface area contributed by atoms with Crippen molar-refractivity contribution in [1.29, 1.82) is 0 Å². The van der Waals surface area contributed by atoms with Gasteiger partial charge in [0.25, 0.3) is 0 Å². The first-order chi connectivity index (χ1) is 10.7. The van der Waals surface area contributed by atoms with Gasteiger partial charge in [0.2, 0.25) is 0 Å². The summed E-state index contributed by atoms with van der Waals surface area (Å²) in [6.45, 7) is 0.359. The van der Waals surface area contributed by atoms with Crippen LogP contribution in [0.25, 0.3) is 11.4 Å². The zero-order valence-corrected chi connectivity index (χ0v) is 12.8. The first kappa shape index (κ1) is 14.3. The normalized spacial score (nSPS) is 10.4. The molecule has 22 heavy (non-hydrogen) atoms. The van der Waals surface area contributed by atoms with Crippen molar-refractivity contribution in [2.45, 2.75) is 6.54 Å². The fourth-order valence-corrected chi connectivity index (χ4v) is 2.66. The van der Waals surface area contributed by atoms with Crippen molar-refractivity contribution in [3.63, 3.8) is 0 Å². The third-order valence-corrected chi connectivity index (χ3v) is 3.83. The van der Waals surface area contributed by atoms with Gasteiger partial charge in [-0.2, -0.15) is 5.10 Å². The van der Waals surface area contributed by atoms with Crippen molar-refractivity contribution in [1.82, 2.24) is 20.1 Å². The van der Waals surface area contributed by atoms with E-state index in [-0.39, 0.29) is 6.03 Å². The molecule has 0 aliphatic carbocycles. The molecular weight excluding hydrogens is 298 g/mol. The van der Waals surface area contributed by atoms with E-state index in [0.717, 1.165) is 22.1 Å². The molecule has 3 aromatic rings. The number of anilines is 1. The zero-order valence-electron chi connectivity index (χ0n) is 12.0. The Kier molecular flexibility index (Phi) is 4.15. The number of carbonyl (C=O) groups is 1. The van der Waals surface area contributed by atoms with Crippen LogP contribution in [-0.4, -0.2) is 20.8 Å². The average molecular weight is 313 g/mol. The number of rotatable bonds is 4. The molecule has 0 atom stereocenters. The largest absolute Gasteiger partial charge is 0.332 e. The van der Waals surface area contributed by atoms with Crippen LogP contribution in [0.15, 0.2) is 48.0 Å². The third-order valence-electron chi connectivity index (χ3n) is 3.05. The molecule has 0 saturated carbocycles. The molecule has 0 bridgehead atoms. The number of hydrogen-bond donors (Lipinski definition) is 2. The molecule has 0 saturated heterocycles. The second-order valence-corrected chi connectivity index (χ2v) is 5.59. The summed E-state index contributed by atoms with van der Waals surface area (Å²) in [6.07, 6.45) is 1.74. The predicted octanol–water partition coefficient (Wildman–Crippen LogP) is 2.87. The van der Waals surface area contributed by atoms with E-state index in [0.29, 0.717) is 6.54 Å². The molecule has 2 amide bonds. The standard InChI is InChI=1S/C15H15N5OS/c1-20-13(12-5-2-3-7-16-12)9-11(19-20)10-17-15(21)18-14-6-4-8-22-14/h2-9H,10H2,1H3,(H2,17,18,21). The van der Waals surface area contributed by atoms with Crippen molar-refractivity contribution in [3.05, 3.63) is 53.7 Å². The van der Waals surface area contributed by atoms with E-state index >= 15 is 0 Å². The number of thiophene rings is 1. The SMILES string of the molecule is Cn1nc(CNC(=O)Nc2cccs2)cc1-c1ccccn1. The Morgan fingerprint density at radius 3 is 2.95 bits per heavy atom. The summed E-state index contributed by atoms with van der Waals surface area (Å²) in [5.41, 5.74) is 2.55. The highest BCUT2D eigenvalue weighted by Gasteiger charge is 2.09. The van der Waals surface area contributed by atoms with E-state index in [4.69, 9.17) is 0 Å². The number of urea groups is 1. The minimum absolute atomic E-state index is 0.243. The maximum absolute atomic E-state index is 11.8. The average Bonchev–Trinajstić information content (AvgIpc) is 3.16. The molecule has 2 N–H and O–H groups in total. The van der Waals surface area contributed by atoms with Gasteiger partial charge in [-0.1, -0.05) is 6.07 Å². The lowest BCUT2D eigenvalue weighted by Crippen LogP contribution is -2.28. The maximum atomic E-state index is 11.8. The Morgan fingerprint density at radius 2 is 2.23 bits per heavy atom. The molecular formula is C15H15N5OS. The van der Waals surface area contributed by atoms with Gasteiger partial charge in [0.15, 0.2) is 0 Å². The number of aromatic nitrogens is 3. The molecule has 0 aromatic carbocycles. The van der Waals surface area contributed by atoms with Gasteiger partial charge in [-0.25, -0.2) is 4.79 Å². The molecule has 7 heteroatoms. The predicted molar refractivity (Wildman–Crippen MR) is 86.6 cm³/mol. The quantitative estimate of drug-likeness (QED) is 0.778. The summed E-state index contributed by atoms with van der Waals surface area (Å²) in [7, 11) is 1.86. The van der Waals surface area contributed by atoms with Crippen LogP contribution in [0, 0.1) is 0 Å². The molecule has 112 valence electrons. The summed E-state index contributed by atoms with van der Waals surface area (Å²) in [6, 6.07) is 11.2. The van der Waals surface area contributed by atoms with Gasteiger partial charge in [-0.3, -0.25) is 15.0 Å². The maximum Gasteiger partial charge on any atom is 0.320 e. The molecule has 0 aliphatic rings. The van der Waals surface area contributed by atoms with E-state index in [9.17, 15) is 4.79 Å². The number of carbonyl (C=O) groups excluding carboxylic acids is 1. The Labute approximate surface area is 131 Å². The molecule has 0 spiro atoms. The van der Waals surface area contributed by atoms with Crippen molar-refractivity contribution in [2.75, 3.05) is 5.32 Å². The van der Waals surface area contributed by atoms with Crippen LogP contribution >= 0.6 is 11.3 Å². The zero-order chi connectivity index (χ0) is 15.4. The van der Waals surface area contributed by atoms with Crippen LogP contribution in [0.4, 0.5) is 9.80 Å². The molecule has 6 nitrogen and oxygen atoms in total. The van der Waals surface area contributed by atoms with E-state index in [1.54, 1.807) is 10.9 Å². The second-order valence-electron chi connectivity index (χ2n) is 4.64. The van der Waals surface area contributed by atoms with Crippen LogP contribution in [-0.2, 0) is 13.6 Å². The molecule has 0 aliphatic heterocycles. The monoisotopic (exact) mass is 313 g/mol. The summed E-state index contributed by atoms with van der Waals surface area (Å²) in [5.74, 6) is 0. The Morgan fingerprint density at radius 1 is 1.32 bits per heavy atom. The summed E-state index contributed by atoms with van der Waals surface area (Å²) in [5, 5.41) is 12.7. The van der Waals surface area contributed by atoms with Crippen LogP contribution in [0.5, 0.6) is 0 Å². The number of pyridine rings is 1. The summed E-state index contributed by atoms with van der Waals surface area (Å²) in [4.78, 5) is 16.1. The van der Waals surface area contributed by atoms with Gasteiger partial charge in [-0.05, 0) is 35.7 Å². The highest BCUT2D eigenvalue weighted by Crippen LogP contribution is 2.17. The van der Waals surface area contributed by atoms with Gasteiger partial charge in [-0.15, -0.1) is 11.3 Å². The highest BCUT2D eigenvalue weighted by atomic mass is 32.1. The van der Waals surface area contributed by atoms with Gasteiger partial charge in [0.05, 0.1) is 28.6 Å². The fourth-order valence-electron chi connectivity index (χ4n) is 2.04.